The number of carbonyl (C=O) groups excluding carboxylic acids is 1. The molecule has 0 aromatic carbocycles. The molecule has 0 saturated heterocycles. The van der Waals surface area contributed by atoms with Crippen LogP contribution in [0.3, 0.4) is 0 Å². The van der Waals surface area contributed by atoms with Crippen molar-refractivity contribution >= 4 is 5.97 Å². The van der Waals surface area contributed by atoms with Gasteiger partial charge in [0.1, 0.15) is 0 Å². The van der Waals surface area contributed by atoms with Gasteiger partial charge in [0.2, 0.25) is 5.88 Å². The fourth-order valence-corrected chi connectivity index (χ4v) is 2.59. The first kappa shape index (κ1) is 14.8. The molecule has 1 unspecified atom stereocenters. The monoisotopic (exact) mass is 277 g/mol. The van der Waals surface area contributed by atoms with Gasteiger partial charge >= 0.3 is 5.97 Å². The smallest absolute Gasteiger partial charge is 0.306 e. The molecule has 0 aliphatic heterocycles. The van der Waals surface area contributed by atoms with Crippen LogP contribution in [0.2, 0.25) is 0 Å². The third kappa shape index (κ3) is 3.71. The Kier molecular flexibility index (Phi) is 5.39. The first-order chi connectivity index (χ1) is 9.74. The molecule has 1 heterocycles. The molecule has 1 aliphatic rings. The van der Waals surface area contributed by atoms with E-state index in [0.29, 0.717) is 25.5 Å². The van der Waals surface area contributed by atoms with Gasteiger partial charge < -0.3 is 9.47 Å². The maximum Gasteiger partial charge on any atom is 0.306 e. The Bertz CT molecular complexity index is 459. The second-order valence-corrected chi connectivity index (χ2v) is 5.17. The molecule has 4 heteroatoms. The van der Waals surface area contributed by atoms with E-state index in [0.717, 1.165) is 25.7 Å². The topological polar surface area (TPSA) is 48.4 Å². The van der Waals surface area contributed by atoms with Crippen LogP contribution in [0.25, 0.3) is 0 Å². The predicted octanol–water partition coefficient (Wildman–Crippen LogP) is 3.24. The zero-order chi connectivity index (χ0) is 14.4. The number of esters is 1. The average Bonchev–Trinajstić information content (AvgIpc) is 2.82. The standard InChI is InChI=1S/C16H23NO3/c1-3-5-8-20-15-10-14-12(9-16(18)19-4-2)6-7-13(14)11-17-15/h10-12H,3-9H2,1-2H3. The zero-order valence-corrected chi connectivity index (χ0v) is 12.4. The number of unbranched alkanes of at least 4 members (excludes halogenated alkanes) is 1. The zero-order valence-electron chi connectivity index (χ0n) is 12.4. The van der Waals surface area contributed by atoms with E-state index in [1.54, 1.807) is 0 Å². The minimum Gasteiger partial charge on any atom is -0.478 e. The number of hydrogen-bond donors (Lipinski definition) is 0. The van der Waals surface area contributed by atoms with Crippen molar-refractivity contribution < 1.29 is 14.3 Å². The van der Waals surface area contributed by atoms with Crippen LogP contribution in [0.1, 0.15) is 56.6 Å². The first-order valence-electron chi connectivity index (χ1n) is 7.51. The third-order valence-electron chi connectivity index (χ3n) is 3.67. The molecule has 0 radical (unpaired) electrons. The van der Waals surface area contributed by atoms with E-state index in [2.05, 4.69) is 11.9 Å². The highest BCUT2D eigenvalue weighted by atomic mass is 16.5. The summed E-state index contributed by atoms with van der Waals surface area (Å²) < 4.78 is 10.7. The predicted molar refractivity (Wildman–Crippen MR) is 77.0 cm³/mol. The molecule has 1 aromatic rings. The molecule has 0 saturated carbocycles. The molecule has 1 aliphatic carbocycles. The van der Waals surface area contributed by atoms with Gasteiger partial charge in [0, 0.05) is 12.3 Å². The summed E-state index contributed by atoms with van der Waals surface area (Å²) in [6.07, 6.45) is 6.47. The van der Waals surface area contributed by atoms with Gasteiger partial charge in [-0.25, -0.2) is 4.98 Å². The molecule has 110 valence electrons. The quantitative estimate of drug-likeness (QED) is 0.567. The van der Waals surface area contributed by atoms with Crippen molar-refractivity contribution in [1.82, 2.24) is 4.98 Å². The van der Waals surface area contributed by atoms with Gasteiger partial charge in [0.25, 0.3) is 0 Å². The molecule has 0 amide bonds. The molecule has 0 fully saturated rings. The number of hydrogen-bond acceptors (Lipinski definition) is 4. The number of rotatable bonds is 7. The summed E-state index contributed by atoms with van der Waals surface area (Å²) >= 11 is 0. The molecule has 0 bridgehead atoms. The van der Waals surface area contributed by atoms with Crippen molar-refractivity contribution in [3.8, 4) is 5.88 Å². The van der Waals surface area contributed by atoms with Crippen molar-refractivity contribution in [1.29, 1.82) is 0 Å². The van der Waals surface area contributed by atoms with Crippen LogP contribution in [-0.4, -0.2) is 24.2 Å². The van der Waals surface area contributed by atoms with Gasteiger partial charge in [0.05, 0.1) is 19.6 Å². The number of carbonyl (C=O) groups is 1. The summed E-state index contributed by atoms with van der Waals surface area (Å²) in [5, 5.41) is 0. The van der Waals surface area contributed by atoms with Crippen molar-refractivity contribution in [2.24, 2.45) is 0 Å². The highest BCUT2D eigenvalue weighted by Crippen LogP contribution is 2.36. The van der Waals surface area contributed by atoms with Crippen molar-refractivity contribution in [3.05, 3.63) is 23.4 Å². The highest BCUT2D eigenvalue weighted by molar-refractivity contribution is 5.71. The van der Waals surface area contributed by atoms with Crippen LogP contribution < -0.4 is 4.74 Å². The maximum atomic E-state index is 11.6. The van der Waals surface area contributed by atoms with Crippen LogP contribution in [0.5, 0.6) is 5.88 Å². The SMILES string of the molecule is CCCCOc1cc2c(cn1)CCC2CC(=O)OCC. The van der Waals surface area contributed by atoms with Gasteiger partial charge in [-0.2, -0.15) is 0 Å². The lowest BCUT2D eigenvalue weighted by molar-refractivity contribution is -0.143. The Hall–Kier alpha value is -1.58. The fourth-order valence-electron chi connectivity index (χ4n) is 2.59. The van der Waals surface area contributed by atoms with Crippen molar-refractivity contribution in [2.75, 3.05) is 13.2 Å². The average molecular weight is 277 g/mol. The summed E-state index contributed by atoms with van der Waals surface area (Å²) in [6.45, 7) is 5.11. The second kappa shape index (κ2) is 7.27. The number of fused-ring (bicyclic) bond motifs is 1. The van der Waals surface area contributed by atoms with Crippen LogP contribution in [0.15, 0.2) is 12.3 Å². The van der Waals surface area contributed by atoms with E-state index in [1.165, 1.54) is 11.1 Å². The summed E-state index contributed by atoms with van der Waals surface area (Å²) in [5.74, 6) is 0.809. The summed E-state index contributed by atoms with van der Waals surface area (Å²) in [7, 11) is 0. The molecular formula is C16H23NO3. The number of pyridine rings is 1. The lowest BCUT2D eigenvalue weighted by Gasteiger charge is -2.12. The minimum absolute atomic E-state index is 0.115. The Morgan fingerprint density at radius 2 is 2.30 bits per heavy atom. The first-order valence-corrected chi connectivity index (χ1v) is 7.51. The largest absolute Gasteiger partial charge is 0.478 e. The lowest BCUT2D eigenvalue weighted by Crippen LogP contribution is -2.09. The van der Waals surface area contributed by atoms with E-state index in [4.69, 9.17) is 9.47 Å². The lowest BCUT2D eigenvalue weighted by atomic mass is 9.99. The van der Waals surface area contributed by atoms with Gasteiger partial charge in [-0.05, 0) is 43.2 Å². The number of ether oxygens (including phenoxy) is 2. The van der Waals surface area contributed by atoms with Crippen LogP contribution in [0, 0.1) is 0 Å². The normalized spacial score (nSPS) is 16.8. The number of aromatic nitrogens is 1. The van der Waals surface area contributed by atoms with Crippen molar-refractivity contribution in [2.45, 2.75) is 51.9 Å². The molecule has 1 aromatic heterocycles. The summed E-state index contributed by atoms with van der Waals surface area (Å²) in [4.78, 5) is 16.0. The van der Waals surface area contributed by atoms with Gasteiger partial charge in [-0.3, -0.25) is 4.79 Å². The van der Waals surface area contributed by atoms with Gasteiger partial charge in [-0.15, -0.1) is 0 Å². The Morgan fingerprint density at radius 3 is 3.05 bits per heavy atom. The number of aryl methyl sites for hydroxylation is 1. The van der Waals surface area contributed by atoms with E-state index < -0.39 is 0 Å². The molecule has 1 atom stereocenters. The van der Waals surface area contributed by atoms with Gasteiger partial charge in [-0.1, -0.05) is 13.3 Å². The molecule has 2 rings (SSSR count). The van der Waals surface area contributed by atoms with Crippen LogP contribution >= 0.6 is 0 Å². The van der Waals surface area contributed by atoms with E-state index >= 15 is 0 Å². The van der Waals surface area contributed by atoms with Crippen LogP contribution in [-0.2, 0) is 16.0 Å². The molecular weight excluding hydrogens is 254 g/mol. The maximum absolute atomic E-state index is 11.6. The third-order valence-corrected chi connectivity index (χ3v) is 3.67. The second-order valence-electron chi connectivity index (χ2n) is 5.17. The van der Waals surface area contributed by atoms with E-state index in [1.807, 2.05) is 19.2 Å². The Morgan fingerprint density at radius 1 is 1.45 bits per heavy atom. The van der Waals surface area contributed by atoms with Gasteiger partial charge in [0.15, 0.2) is 0 Å². The van der Waals surface area contributed by atoms with E-state index in [9.17, 15) is 4.79 Å². The Balaban J connectivity index is 2.01. The molecule has 0 N–H and O–H groups in total. The van der Waals surface area contributed by atoms with E-state index in [-0.39, 0.29) is 11.9 Å². The molecule has 0 spiro atoms. The Labute approximate surface area is 120 Å². The molecule has 4 nitrogen and oxygen atoms in total. The summed E-state index contributed by atoms with van der Waals surface area (Å²) in [6, 6.07) is 2.00. The minimum atomic E-state index is -0.115. The fraction of sp³-hybridized carbons (Fsp3) is 0.625. The summed E-state index contributed by atoms with van der Waals surface area (Å²) in [5.41, 5.74) is 2.45. The van der Waals surface area contributed by atoms with Crippen LogP contribution in [0.4, 0.5) is 0 Å². The van der Waals surface area contributed by atoms with Crippen molar-refractivity contribution in [3.63, 3.8) is 0 Å². The highest BCUT2D eigenvalue weighted by Gasteiger charge is 2.26. The molecule has 20 heavy (non-hydrogen) atoms. The number of nitrogens with zero attached hydrogens (tertiary/aromatic N) is 1.